The van der Waals surface area contributed by atoms with Gasteiger partial charge < -0.3 is 9.80 Å². The zero-order valence-corrected chi connectivity index (χ0v) is 23.2. The molecule has 1 fully saturated rings. The maximum Gasteiger partial charge on any atom is 0.0726 e. The third-order valence-electron chi connectivity index (χ3n) is 6.69. The van der Waals surface area contributed by atoms with Crippen molar-refractivity contribution in [1.82, 2.24) is 19.8 Å². The Labute approximate surface area is 222 Å². The molecule has 4 nitrogen and oxygen atoms in total. The minimum absolute atomic E-state index is 0.423. The van der Waals surface area contributed by atoms with Crippen molar-refractivity contribution < 1.29 is 0 Å². The first-order valence-electron chi connectivity index (χ1n) is 13.1. The Hall–Kier alpha value is -2.69. The number of likely N-dealkylation sites (N-methyl/N-ethyl adjacent to an activating group) is 1. The smallest absolute Gasteiger partial charge is 0.0726 e. The van der Waals surface area contributed by atoms with Crippen LogP contribution < -0.4 is 0 Å². The van der Waals surface area contributed by atoms with Crippen molar-refractivity contribution in [2.24, 2.45) is 0 Å². The molecular weight excluding hydrogens is 464 g/mol. The molecule has 1 aliphatic heterocycles. The van der Waals surface area contributed by atoms with Crippen LogP contribution in [0.3, 0.4) is 0 Å². The minimum atomic E-state index is 0.423. The van der Waals surface area contributed by atoms with Gasteiger partial charge in [-0.15, -0.1) is 0 Å². The molecule has 0 amide bonds. The van der Waals surface area contributed by atoms with Gasteiger partial charge in [0.15, 0.2) is 0 Å². The van der Waals surface area contributed by atoms with Gasteiger partial charge in [-0.05, 0) is 62.6 Å². The molecular formula is C31H41ClN4. The Morgan fingerprint density at radius 3 is 2.47 bits per heavy atom. The number of pyridine rings is 2. The molecule has 1 atom stereocenters. The van der Waals surface area contributed by atoms with Crippen molar-refractivity contribution in [2.75, 3.05) is 33.2 Å². The van der Waals surface area contributed by atoms with Gasteiger partial charge in [0, 0.05) is 60.8 Å². The first-order chi connectivity index (χ1) is 17.4. The Morgan fingerprint density at radius 2 is 1.86 bits per heavy atom. The van der Waals surface area contributed by atoms with Crippen LogP contribution in [0.1, 0.15) is 62.0 Å². The summed E-state index contributed by atoms with van der Waals surface area (Å²) in [6, 6.07) is 12.3. The van der Waals surface area contributed by atoms with Gasteiger partial charge in [-0.1, -0.05) is 69.3 Å². The van der Waals surface area contributed by atoms with Gasteiger partial charge in [-0.3, -0.25) is 9.97 Å². The highest BCUT2D eigenvalue weighted by Gasteiger charge is 2.25. The second kappa shape index (κ2) is 13.6. The number of allylic oxidation sites excluding steroid dienone is 1. The number of hydrogen-bond acceptors (Lipinski definition) is 4. The van der Waals surface area contributed by atoms with Gasteiger partial charge in [0.1, 0.15) is 0 Å². The molecule has 1 aromatic carbocycles. The van der Waals surface area contributed by atoms with Gasteiger partial charge >= 0.3 is 0 Å². The summed E-state index contributed by atoms with van der Waals surface area (Å²) in [4.78, 5) is 14.1. The molecule has 5 heteroatoms. The van der Waals surface area contributed by atoms with E-state index in [4.69, 9.17) is 16.6 Å². The van der Waals surface area contributed by atoms with Crippen molar-refractivity contribution in [3.8, 4) is 0 Å². The van der Waals surface area contributed by atoms with Crippen LogP contribution in [0.15, 0.2) is 61.4 Å². The van der Waals surface area contributed by atoms with Crippen molar-refractivity contribution in [2.45, 2.75) is 52.4 Å². The Balaban J connectivity index is 0.000000232. The Bertz CT molecular complexity index is 1150. The van der Waals surface area contributed by atoms with E-state index in [9.17, 15) is 0 Å². The van der Waals surface area contributed by atoms with Crippen LogP contribution in [0, 0.1) is 0 Å². The molecule has 3 heterocycles. The van der Waals surface area contributed by atoms with Crippen molar-refractivity contribution >= 4 is 28.6 Å². The number of aromatic nitrogens is 2. The molecule has 5 rings (SSSR count). The Morgan fingerprint density at radius 1 is 1.14 bits per heavy atom. The standard InChI is InChI=1S/C20H17ClN2.C8H16N2.C3H8/c1-2-13-6-8-15-18(11-13)23-19-12-14(7-9-16(19)20(15)21)17-5-3-4-10-22-17;1-8(2)10-6-4-9(3)5-7-10;1-3-2/h2-6,8,10-11,14H,1,7,9,12H2;1,4-7H2,2-3H3;3H2,1-2H3. The summed E-state index contributed by atoms with van der Waals surface area (Å²) in [6.07, 6.45) is 7.89. The summed E-state index contributed by atoms with van der Waals surface area (Å²) in [5, 5.41) is 1.90. The maximum absolute atomic E-state index is 6.67. The zero-order valence-electron chi connectivity index (χ0n) is 22.4. The summed E-state index contributed by atoms with van der Waals surface area (Å²) >= 11 is 6.67. The summed E-state index contributed by atoms with van der Waals surface area (Å²) < 4.78 is 0. The van der Waals surface area contributed by atoms with Crippen LogP contribution in [0.5, 0.6) is 0 Å². The number of nitrogens with zero attached hydrogens (tertiary/aromatic N) is 4. The van der Waals surface area contributed by atoms with Gasteiger partial charge in [0.05, 0.1) is 10.5 Å². The van der Waals surface area contributed by atoms with Gasteiger partial charge in [-0.25, -0.2) is 0 Å². The Kier molecular flexibility index (Phi) is 10.5. The highest BCUT2D eigenvalue weighted by Crippen LogP contribution is 2.37. The third-order valence-corrected chi connectivity index (χ3v) is 7.13. The quantitative estimate of drug-likeness (QED) is 0.372. The molecule has 1 saturated heterocycles. The topological polar surface area (TPSA) is 32.3 Å². The van der Waals surface area contributed by atoms with Gasteiger partial charge in [-0.2, -0.15) is 0 Å². The highest BCUT2D eigenvalue weighted by molar-refractivity contribution is 6.36. The molecule has 1 unspecified atom stereocenters. The number of hydrogen-bond donors (Lipinski definition) is 0. The second-order valence-corrected chi connectivity index (χ2v) is 10.1. The highest BCUT2D eigenvalue weighted by atomic mass is 35.5. The maximum atomic E-state index is 6.67. The fraction of sp³-hybridized carbons (Fsp3) is 0.419. The van der Waals surface area contributed by atoms with Crippen LogP contribution in [0.25, 0.3) is 17.0 Å². The SMILES string of the molecule is C=C(C)N1CCN(C)CC1.C=Cc1ccc2c(Cl)c3c(nc2c1)CC(c1ccccn1)CC3.CCC. The third kappa shape index (κ3) is 7.18. The number of fused-ring (bicyclic) bond motifs is 2. The number of rotatable bonds is 3. The van der Waals surface area contributed by atoms with Crippen molar-refractivity contribution in [1.29, 1.82) is 0 Å². The lowest BCUT2D eigenvalue weighted by Crippen LogP contribution is -2.43. The van der Waals surface area contributed by atoms with Gasteiger partial charge in [0.25, 0.3) is 0 Å². The summed E-state index contributed by atoms with van der Waals surface area (Å²) in [7, 11) is 2.16. The molecule has 0 saturated carbocycles. The van der Waals surface area contributed by atoms with E-state index in [0.717, 1.165) is 65.2 Å². The number of benzene rings is 1. The fourth-order valence-corrected chi connectivity index (χ4v) is 4.95. The van der Waals surface area contributed by atoms with E-state index in [1.807, 2.05) is 30.5 Å². The van der Waals surface area contributed by atoms with Crippen LogP contribution in [0.2, 0.25) is 5.02 Å². The van der Waals surface area contributed by atoms with Crippen LogP contribution in [0.4, 0.5) is 0 Å². The molecule has 0 N–H and O–H groups in total. The molecule has 1 aliphatic carbocycles. The average Bonchev–Trinajstić information content (AvgIpc) is 2.90. The number of piperazine rings is 1. The van der Waals surface area contributed by atoms with E-state index in [2.05, 4.69) is 74.0 Å². The summed E-state index contributed by atoms with van der Waals surface area (Å²) in [5.41, 5.74) is 6.69. The first-order valence-corrected chi connectivity index (χ1v) is 13.5. The molecule has 2 aliphatic rings. The lowest BCUT2D eigenvalue weighted by Gasteiger charge is -2.33. The molecule has 0 radical (unpaired) electrons. The molecule has 192 valence electrons. The number of halogens is 1. The first kappa shape index (κ1) is 27.9. The fourth-order valence-electron chi connectivity index (χ4n) is 4.59. The van der Waals surface area contributed by atoms with Crippen LogP contribution in [-0.2, 0) is 12.8 Å². The van der Waals surface area contributed by atoms with Crippen molar-refractivity contribution in [3.63, 3.8) is 0 Å². The van der Waals surface area contributed by atoms with Gasteiger partial charge in [0.2, 0.25) is 0 Å². The van der Waals surface area contributed by atoms with E-state index in [0.29, 0.717) is 5.92 Å². The molecule has 36 heavy (non-hydrogen) atoms. The van der Waals surface area contributed by atoms with E-state index in [-0.39, 0.29) is 0 Å². The molecule has 0 bridgehead atoms. The van der Waals surface area contributed by atoms with E-state index >= 15 is 0 Å². The largest absolute Gasteiger partial charge is 0.373 e. The summed E-state index contributed by atoms with van der Waals surface area (Å²) in [6.45, 7) is 18.7. The molecule has 3 aromatic rings. The van der Waals surface area contributed by atoms with Crippen LogP contribution >= 0.6 is 11.6 Å². The lowest BCUT2D eigenvalue weighted by atomic mass is 9.84. The predicted molar refractivity (Wildman–Crippen MR) is 156 cm³/mol. The van der Waals surface area contributed by atoms with E-state index < -0.39 is 0 Å². The summed E-state index contributed by atoms with van der Waals surface area (Å²) in [5.74, 6) is 0.423. The van der Waals surface area contributed by atoms with Crippen molar-refractivity contribution in [3.05, 3.63) is 89.0 Å². The zero-order chi connectivity index (χ0) is 26.1. The van der Waals surface area contributed by atoms with Crippen LogP contribution in [-0.4, -0.2) is 53.0 Å². The second-order valence-electron chi connectivity index (χ2n) is 9.76. The monoisotopic (exact) mass is 504 g/mol. The molecule has 2 aromatic heterocycles. The van der Waals surface area contributed by atoms with E-state index in [1.165, 1.54) is 30.8 Å². The normalized spacial score (nSPS) is 17.2. The average molecular weight is 505 g/mol. The minimum Gasteiger partial charge on any atom is -0.373 e. The lowest BCUT2D eigenvalue weighted by molar-refractivity contribution is 0.187. The predicted octanol–water partition coefficient (Wildman–Crippen LogP) is 7.38. The van der Waals surface area contributed by atoms with E-state index in [1.54, 1.807) is 0 Å². The molecule has 0 spiro atoms.